The maximum atomic E-state index is 5.95. The van der Waals surface area contributed by atoms with Crippen molar-refractivity contribution in [2.75, 3.05) is 0 Å². The minimum atomic E-state index is 0.850. The first-order valence-electron chi connectivity index (χ1n) is 4.24. The molecule has 0 nitrogen and oxygen atoms in total. The van der Waals surface area contributed by atoms with E-state index in [-0.39, 0.29) is 0 Å². The summed E-state index contributed by atoms with van der Waals surface area (Å²) < 4.78 is 1.18. The normalized spacial score (nSPS) is 15.8. The van der Waals surface area contributed by atoms with E-state index >= 15 is 0 Å². The fraction of sp³-hybridized carbons (Fsp3) is 0.400. The van der Waals surface area contributed by atoms with Gasteiger partial charge in [0.05, 0.1) is 0 Å². The van der Waals surface area contributed by atoms with Crippen LogP contribution in [0.25, 0.3) is 0 Å². The summed E-state index contributed by atoms with van der Waals surface area (Å²) in [6, 6.07) is 4.09. The largest absolute Gasteiger partial charge is 0.0843 e. The Morgan fingerprint density at radius 3 is 2.75 bits per heavy atom. The van der Waals surface area contributed by atoms with Crippen molar-refractivity contribution in [3.63, 3.8) is 0 Å². The molecule has 0 unspecified atom stereocenters. The van der Waals surface area contributed by atoms with Crippen LogP contribution in [0.2, 0.25) is 5.02 Å². The molecule has 2 heteroatoms. The standard InChI is InChI=1S/C10H10BrCl/c11-10-6-8(12)5-7-3-1-2-4-9(7)10/h5-6H,1-4H2. The summed E-state index contributed by atoms with van der Waals surface area (Å²) >= 11 is 9.50. The van der Waals surface area contributed by atoms with E-state index in [0.717, 1.165) is 5.02 Å². The molecule has 0 atom stereocenters. The number of aryl methyl sites for hydroxylation is 1. The van der Waals surface area contributed by atoms with E-state index in [4.69, 9.17) is 11.6 Å². The van der Waals surface area contributed by atoms with Crippen LogP contribution >= 0.6 is 27.5 Å². The Kier molecular flexibility index (Phi) is 2.42. The highest BCUT2D eigenvalue weighted by molar-refractivity contribution is 9.10. The van der Waals surface area contributed by atoms with E-state index in [2.05, 4.69) is 22.0 Å². The number of fused-ring (bicyclic) bond motifs is 1. The molecule has 12 heavy (non-hydrogen) atoms. The molecule has 0 aromatic heterocycles. The highest BCUT2D eigenvalue weighted by Crippen LogP contribution is 2.31. The molecule has 0 heterocycles. The zero-order chi connectivity index (χ0) is 8.55. The predicted octanol–water partition coefficient (Wildman–Crippen LogP) is 3.98. The zero-order valence-corrected chi connectivity index (χ0v) is 9.08. The molecule has 1 aromatic carbocycles. The summed E-state index contributed by atoms with van der Waals surface area (Å²) in [5.41, 5.74) is 2.89. The van der Waals surface area contributed by atoms with E-state index in [1.54, 1.807) is 0 Å². The van der Waals surface area contributed by atoms with Gasteiger partial charge in [0, 0.05) is 9.50 Å². The van der Waals surface area contributed by atoms with Gasteiger partial charge in [0.2, 0.25) is 0 Å². The smallest absolute Gasteiger partial charge is 0.0420 e. The first-order valence-corrected chi connectivity index (χ1v) is 5.41. The molecule has 0 amide bonds. The van der Waals surface area contributed by atoms with Crippen LogP contribution in [0.1, 0.15) is 24.0 Å². The van der Waals surface area contributed by atoms with Gasteiger partial charge in [0.25, 0.3) is 0 Å². The fourth-order valence-electron chi connectivity index (χ4n) is 1.78. The van der Waals surface area contributed by atoms with Crippen molar-refractivity contribution in [1.29, 1.82) is 0 Å². The molecule has 1 aliphatic rings. The topological polar surface area (TPSA) is 0 Å². The summed E-state index contributed by atoms with van der Waals surface area (Å²) in [6.07, 6.45) is 5.01. The van der Waals surface area contributed by atoms with Gasteiger partial charge in [-0.3, -0.25) is 0 Å². The summed E-state index contributed by atoms with van der Waals surface area (Å²) in [4.78, 5) is 0. The van der Waals surface area contributed by atoms with Crippen molar-refractivity contribution in [1.82, 2.24) is 0 Å². The second-order valence-corrected chi connectivity index (χ2v) is 4.52. The van der Waals surface area contributed by atoms with Gasteiger partial charge in [-0.1, -0.05) is 27.5 Å². The van der Waals surface area contributed by atoms with Gasteiger partial charge in [-0.05, 0) is 48.9 Å². The average molecular weight is 246 g/mol. The van der Waals surface area contributed by atoms with Crippen LogP contribution in [0.3, 0.4) is 0 Å². The Morgan fingerprint density at radius 1 is 1.17 bits per heavy atom. The molecule has 1 aromatic rings. The van der Waals surface area contributed by atoms with Crippen molar-refractivity contribution >= 4 is 27.5 Å². The third-order valence-electron chi connectivity index (χ3n) is 2.38. The summed E-state index contributed by atoms with van der Waals surface area (Å²) in [5.74, 6) is 0. The molecule has 0 bridgehead atoms. The van der Waals surface area contributed by atoms with Crippen LogP contribution in [-0.2, 0) is 12.8 Å². The highest BCUT2D eigenvalue weighted by atomic mass is 79.9. The quantitative estimate of drug-likeness (QED) is 0.648. The molecule has 1 aliphatic carbocycles. The van der Waals surface area contributed by atoms with E-state index in [1.807, 2.05) is 6.07 Å². The predicted molar refractivity (Wildman–Crippen MR) is 55.8 cm³/mol. The van der Waals surface area contributed by atoms with Gasteiger partial charge >= 0.3 is 0 Å². The molecule has 0 aliphatic heterocycles. The van der Waals surface area contributed by atoms with E-state index in [9.17, 15) is 0 Å². The van der Waals surface area contributed by atoms with Crippen LogP contribution in [0.15, 0.2) is 16.6 Å². The zero-order valence-electron chi connectivity index (χ0n) is 6.74. The SMILES string of the molecule is Clc1cc(Br)c2c(c1)CCCC2. The third kappa shape index (κ3) is 1.53. The van der Waals surface area contributed by atoms with Gasteiger partial charge in [0.15, 0.2) is 0 Å². The average Bonchev–Trinajstić information content (AvgIpc) is 2.04. The van der Waals surface area contributed by atoms with Gasteiger partial charge in [-0.25, -0.2) is 0 Å². The molecular weight excluding hydrogens is 235 g/mol. The molecule has 0 saturated carbocycles. The maximum absolute atomic E-state index is 5.95. The van der Waals surface area contributed by atoms with Crippen LogP contribution in [0.5, 0.6) is 0 Å². The molecular formula is C10H10BrCl. The molecule has 2 rings (SSSR count). The van der Waals surface area contributed by atoms with Crippen LogP contribution in [0, 0.1) is 0 Å². The van der Waals surface area contributed by atoms with Gasteiger partial charge in [-0.15, -0.1) is 0 Å². The first kappa shape index (κ1) is 8.58. The first-order chi connectivity index (χ1) is 5.77. The molecule has 0 radical (unpaired) electrons. The van der Waals surface area contributed by atoms with Gasteiger partial charge in [0.1, 0.15) is 0 Å². The van der Waals surface area contributed by atoms with Crippen LogP contribution in [-0.4, -0.2) is 0 Å². The summed E-state index contributed by atoms with van der Waals surface area (Å²) in [7, 11) is 0. The minimum Gasteiger partial charge on any atom is -0.0843 e. The number of hydrogen-bond acceptors (Lipinski definition) is 0. The lowest BCUT2D eigenvalue weighted by Crippen LogP contribution is -2.02. The van der Waals surface area contributed by atoms with E-state index in [1.165, 1.54) is 41.3 Å². The second-order valence-electron chi connectivity index (χ2n) is 3.23. The summed E-state index contributed by atoms with van der Waals surface area (Å²) in [6.45, 7) is 0. The van der Waals surface area contributed by atoms with Gasteiger partial charge < -0.3 is 0 Å². The molecule has 0 fully saturated rings. The number of rotatable bonds is 0. The Labute approximate surface area is 86.1 Å². The second kappa shape index (κ2) is 3.39. The van der Waals surface area contributed by atoms with Crippen molar-refractivity contribution in [2.24, 2.45) is 0 Å². The monoisotopic (exact) mass is 244 g/mol. The number of hydrogen-bond donors (Lipinski definition) is 0. The molecule has 64 valence electrons. The molecule has 0 spiro atoms. The lowest BCUT2D eigenvalue weighted by molar-refractivity contribution is 0.683. The summed E-state index contributed by atoms with van der Waals surface area (Å²) in [5, 5.41) is 0.850. The minimum absolute atomic E-state index is 0.850. The number of benzene rings is 1. The Bertz CT molecular complexity index is 307. The molecule has 0 saturated heterocycles. The Morgan fingerprint density at radius 2 is 1.92 bits per heavy atom. The van der Waals surface area contributed by atoms with E-state index in [0.29, 0.717) is 0 Å². The van der Waals surface area contributed by atoms with Crippen molar-refractivity contribution < 1.29 is 0 Å². The van der Waals surface area contributed by atoms with Crippen LogP contribution in [0.4, 0.5) is 0 Å². The lowest BCUT2D eigenvalue weighted by atomic mass is 9.92. The van der Waals surface area contributed by atoms with Crippen molar-refractivity contribution in [3.8, 4) is 0 Å². The van der Waals surface area contributed by atoms with Gasteiger partial charge in [-0.2, -0.15) is 0 Å². The van der Waals surface area contributed by atoms with Crippen molar-refractivity contribution in [3.05, 3.63) is 32.8 Å². The van der Waals surface area contributed by atoms with E-state index < -0.39 is 0 Å². The highest BCUT2D eigenvalue weighted by Gasteiger charge is 2.12. The Hall–Kier alpha value is -0.0100. The lowest BCUT2D eigenvalue weighted by Gasteiger charge is -2.17. The van der Waals surface area contributed by atoms with Crippen LogP contribution < -0.4 is 0 Å². The third-order valence-corrected chi connectivity index (χ3v) is 3.30. The molecule has 0 N–H and O–H groups in total. The number of halogens is 2. The maximum Gasteiger partial charge on any atom is 0.0420 e. The Balaban J connectivity index is 2.53. The fourth-order valence-corrected chi connectivity index (χ4v) is 2.85. The van der Waals surface area contributed by atoms with Crippen molar-refractivity contribution in [2.45, 2.75) is 25.7 Å².